The number of hydrogen-bond acceptors (Lipinski definition) is 7. The van der Waals surface area contributed by atoms with Gasteiger partial charge >= 0.3 is 5.82 Å². The van der Waals surface area contributed by atoms with E-state index in [1.165, 1.54) is 41.2 Å². The summed E-state index contributed by atoms with van der Waals surface area (Å²) in [7, 11) is 0. The lowest BCUT2D eigenvalue weighted by molar-refractivity contribution is -0.390. The Morgan fingerprint density at radius 2 is 2.05 bits per heavy atom. The van der Waals surface area contributed by atoms with E-state index in [0.29, 0.717) is 21.8 Å². The predicted octanol–water partition coefficient (Wildman–Crippen LogP) is 5.75. The number of rotatable bonds is 10. The highest BCUT2D eigenvalue weighted by atomic mass is 79.9. The van der Waals surface area contributed by atoms with Gasteiger partial charge in [0.15, 0.2) is 6.20 Å². The molecule has 3 heterocycles. The SMILES string of the molecule is C[C@@H](Oc1cc(Br)cnc1[N+](=O)[O-])c1cc(F)ccc1-n1nc(C(F)F)cc1Cc1cn(CC2CC2)nn1. The van der Waals surface area contributed by atoms with Crippen LogP contribution in [-0.2, 0) is 13.0 Å². The van der Waals surface area contributed by atoms with Crippen LogP contribution >= 0.6 is 15.9 Å². The monoisotopic (exact) mass is 591 g/mol. The highest BCUT2D eigenvalue weighted by Gasteiger charge is 2.26. The zero-order valence-electron chi connectivity index (χ0n) is 20.0. The molecule has 0 saturated heterocycles. The first-order chi connectivity index (χ1) is 18.2. The topological polar surface area (TPSA) is 114 Å². The summed E-state index contributed by atoms with van der Waals surface area (Å²) in [6, 6.07) is 6.39. The van der Waals surface area contributed by atoms with E-state index in [9.17, 15) is 23.3 Å². The molecule has 10 nitrogen and oxygen atoms in total. The van der Waals surface area contributed by atoms with E-state index >= 15 is 0 Å². The Kier molecular flexibility index (Phi) is 7.15. The molecule has 4 aromatic rings. The van der Waals surface area contributed by atoms with Crippen molar-refractivity contribution in [3.8, 4) is 11.4 Å². The Labute approximate surface area is 222 Å². The summed E-state index contributed by atoms with van der Waals surface area (Å²) in [6.45, 7) is 2.31. The van der Waals surface area contributed by atoms with Gasteiger partial charge in [-0.1, -0.05) is 5.21 Å². The molecular weight excluding hydrogens is 571 g/mol. The van der Waals surface area contributed by atoms with E-state index < -0.39 is 34.8 Å². The molecule has 1 aliphatic carbocycles. The van der Waals surface area contributed by atoms with Gasteiger partial charge in [-0.15, -0.1) is 5.10 Å². The summed E-state index contributed by atoms with van der Waals surface area (Å²) in [6.07, 6.45) is 1.69. The molecule has 0 amide bonds. The van der Waals surface area contributed by atoms with E-state index in [2.05, 4.69) is 36.3 Å². The van der Waals surface area contributed by atoms with Gasteiger partial charge in [-0.05, 0) is 75.8 Å². The number of ether oxygens (including phenoxy) is 1. The minimum absolute atomic E-state index is 0.145. The number of pyridine rings is 1. The molecule has 0 spiro atoms. The van der Waals surface area contributed by atoms with Gasteiger partial charge in [-0.3, -0.25) is 4.68 Å². The number of hydrogen-bond donors (Lipinski definition) is 0. The van der Waals surface area contributed by atoms with Crippen molar-refractivity contribution in [3.63, 3.8) is 0 Å². The molecule has 1 aromatic carbocycles. The van der Waals surface area contributed by atoms with E-state index in [-0.39, 0.29) is 23.4 Å². The van der Waals surface area contributed by atoms with Crippen LogP contribution < -0.4 is 4.74 Å². The predicted molar refractivity (Wildman–Crippen MR) is 132 cm³/mol. The summed E-state index contributed by atoms with van der Waals surface area (Å²) in [5.41, 5.74) is 1.00. The molecule has 1 atom stereocenters. The Morgan fingerprint density at radius 1 is 1.26 bits per heavy atom. The van der Waals surface area contributed by atoms with Crippen LogP contribution in [0.4, 0.5) is 19.0 Å². The maximum absolute atomic E-state index is 14.4. The Bertz CT molecular complexity index is 1490. The van der Waals surface area contributed by atoms with Crippen molar-refractivity contribution < 1.29 is 22.8 Å². The molecule has 3 aromatic heterocycles. The third-order valence-electron chi connectivity index (χ3n) is 6.05. The minimum Gasteiger partial charge on any atom is -0.478 e. The van der Waals surface area contributed by atoms with Gasteiger partial charge in [-0.2, -0.15) is 5.10 Å². The third kappa shape index (κ3) is 5.69. The van der Waals surface area contributed by atoms with Crippen LogP contribution in [0, 0.1) is 21.8 Å². The van der Waals surface area contributed by atoms with Crippen LogP contribution in [0.5, 0.6) is 5.75 Å². The van der Waals surface area contributed by atoms with Gasteiger partial charge in [0.25, 0.3) is 6.43 Å². The Balaban J connectivity index is 1.51. The van der Waals surface area contributed by atoms with Crippen LogP contribution in [0.25, 0.3) is 5.69 Å². The second-order valence-electron chi connectivity index (χ2n) is 9.02. The maximum Gasteiger partial charge on any atom is 0.406 e. The standard InChI is InChI=1S/C24H21BrF3N7O3/c1-13(38-22-6-15(25)10-29-24(22)35(36)37)19-7-16(26)4-5-21(19)34-18(9-20(31-34)23(27)28)8-17-12-33(32-30-17)11-14-2-3-14/h4-7,9-10,12-14,23H,2-3,8,11H2,1H3/t13-/m1/s1. The highest BCUT2D eigenvalue weighted by molar-refractivity contribution is 9.10. The van der Waals surface area contributed by atoms with Crippen molar-refractivity contribution in [1.29, 1.82) is 0 Å². The zero-order valence-corrected chi connectivity index (χ0v) is 21.6. The number of aromatic nitrogens is 6. The van der Waals surface area contributed by atoms with Crippen molar-refractivity contribution in [1.82, 2.24) is 29.8 Å². The first-order valence-corrected chi connectivity index (χ1v) is 12.5. The van der Waals surface area contributed by atoms with Crippen LogP contribution in [0.2, 0.25) is 0 Å². The molecule has 0 bridgehead atoms. The summed E-state index contributed by atoms with van der Waals surface area (Å²) < 4.78 is 51.0. The normalized spacial score (nSPS) is 14.2. The Morgan fingerprint density at radius 3 is 2.76 bits per heavy atom. The highest BCUT2D eigenvalue weighted by Crippen LogP contribution is 2.34. The quantitative estimate of drug-likeness (QED) is 0.170. The third-order valence-corrected chi connectivity index (χ3v) is 6.48. The fourth-order valence-electron chi connectivity index (χ4n) is 4.08. The molecular formula is C24H21BrF3N7O3. The van der Waals surface area contributed by atoms with Crippen LogP contribution in [0.15, 0.2) is 47.2 Å². The van der Waals surface area contributed by atoms with Crippen molar-refractivity contribution in [2.45, 2.75) is 45.3 Å². The summed E-state index contributed by atoms with van der Waals surface area (Å²) in [5.74, 6) is -0.688. The molecule has 0 aliphatic heterocycles. The lowest BCUT2D eigenvalue weighted by Gasteiger charge is -2.19. The van der Waals surface area contributed by atoms with Gasteiger partial charge < -0.3 is 14.9 Å². The maximum atomic E-state index is 14.4. The minimum atomic E-state index is -2.84. The molecule has 0 unspecified atom stereocenters. The summed E-state index contributed by atoms with van der Waals surface area (Å²) in [4.78, 5) is 14.5. The second kappa shape index (κ2) is 10.5. The zero-order chi connectivity index (χ0) is 27.0. The van der Waals surface area contributed by atoms with Crippen LogP contribution in [-0.4, -0.2) is 34.7 Å². The fraction of sp³-hybridized carbons (Fsp3) is 0.333. The molecule has 1 fully saturated rings. The van der Waals surface area contributed by atoms with Crippen molar-refractivity contribution in [3.05, 3.63) is 85.8 Å². The van der Waals surface area contributed by atoms with Crippen molar-refractivity contribution in [2.24, 2.45) is 5.92 Å². The number of alkyl halides is 2. The molecule has 1 saturated carbocycles. The van der Waals surface area contributed by atoms with E-state index in [0.717, 1.165) is 19.4 Å². The first-order valence-electron chi connectivity index (χ1n) is 11.7. The molecule has 0 N–H and O–H groups in total. The summed E-state index contributed by atoms with van der Waals surface area (Å²) >= 11 is 3.21. The number of benzene rings is 1. The van der Waals surface area contributed by atoms with Gasteiger partial charge in [0, 0.05) is 30.8 Å². The number of halogens is 4. The number of nitrogens with zero attached hydrogens (tertiary/aromatic N) is 7. The van der Waals surface area contributed by atoms with Crippen molar-refractivity contribution >= 4 is 21.7 Å². The van der Waals surface area contributed by atoms with Crippen LogP contribution in [0.3, 0.4) is 0 Å². The van der Waals surface area contributed by atoms with Crippen LogP contribution in [0.1, 0.15) is 54.9 Å². The number of nitro groups is 1. The lowest BCUT2D eigenvalue weighted by atomic mass is 10.1. The summed E-state index contributed by atoms with van der Waals surface area (Å²) in [5, 5.41) is 23.8. The van der Waals surface area contributed by atoms with E-state index in [4.69, 9.17) is 4.74 Å². The van der Waals surface area contributed by atoms with Gasteiger partial charge in [0.2, 0.25) is 5.75 Å². The fourth-order valence-corrected chi connectivity index (χ4v) is 4.39. The molecule has 198 valence electrons. The molecule has 38 heavy (non-hydrogen) atoms. The first kappa shape index (κ1) is 25.8. The second-order valence-corrected chi connectivity index (χ2v) is 9.94. The Hall–Kier alpha value is -3.81. The average Bonchev–Trinajstić information content (AvgIpc) is 3.40. The smallest absolute Gasteiger partial charge is 0.406 e. The van der Waals surface area contributed by atoms with Gasteiger partial charge in [-0.25, -0.2) is 17.9 Å². The van der Waals surface area contributed by atoms with E-state index in [1.807, 2.05) is 0 Å². The van der Waals surface area contributed by atoms with Gasteiger partial charge in [0.1, 0.15) is 17.6 Å². The molecule has 5 rings (SSSR count). The molecule has 0 radical (unpaired) electrons. The van der Waals surface area contributed by atoms with Crippen molar-refractivity contribution in [2.75, 3.05) is 0 Å². The average molecular weight is 592 g/mol. The lowest BCUT2D eigenvalue weighted by Crippen LogP contribution is -2.13. The molecule has 1 aliphatic rings. The van der Waals surface area contributed by atoms with E-state index in [1.54, 1.807) is 17.8 Å². The largest absolute Gasteiger partial charge is 0.478 e. The van der Waals surface area contributed by atoms with Gasteiger partial charge in [0.05, 0.1) is 21.5 Å². The molecule has 14 heteroatoms.